The molecule has 0 saturated carbocycles. The minimum Gasteiger partial charge on any atom is -0.448 e. The van der Waals surface area contributed by atoms with Gasteiger partial charge >= 0.3 is 5.97 Å². The number of anilines is 1. The van der Waals surface area contributed by atoms with Crippen molar-refractivity contribution in [3.8, 4) is 6.07 Å². The Bertz CT molecular complexity index is 1010. The summed E-state index contributed by atoms with van der Waals surface area (Å²) < 4.78 is 5.15. The van der Waals surface area contributed by atoms with Gasteiger partial charge < -0.3 is 10.1 Å². The summed E-state index contributed by atoms with van der Waals surface area (Å²) in [7, 11) is 0. The number of nitrogens with zero attached hydrogens (tertiary/aromatic N) is 1. The fourth-order valence-electron chi connectivity index (χ4n) is 2.69. The van der Waals surface area contributed by atoms with Gasteiger partial charge in [-0.25, -0.2) is 4.79 Å². The molecule has 0 radical (unpaired) electrons. The number of hydrogen-bond acceptors (Lipinski definition) is 5. The van der Waals surface area contributed by atoms with Crippen molar-refractivity contribution in [3.05, 3.63) is 70.8 Å². The maximum atomic E-state index is 12.4. The molecule has 0 spiro atoms. The van der Waals surface area contributed by atoms with Gasteiger partial charge in [0.2, 0.25) is 0 Å². The number of nitriles is 1. The average Bonchev–Trinajstić information content (AvgIpc) is 2.72. The van der Waals surface area contributed by atoms with Crippen LogP contribution in [0.4, 0.5) is 5.69 Å². The molecule has 2 aromatic rings. The Labute approximate surface area is 176 Å². The quantitative estimate of drug-likeness (QED) is 0.317. The molecule has 6 nitrogen and oxygen atoms in total. The topological polar surface area (TPSA) is 96.3 Å². The van der Waals surface area contributed by atoms with Crippen molar-refractivity contribution < 1.29 is 19.1 Å². The van der Waals surface area contributed by atoms with Gasteiger partial charge in [0.1, 0.15) is 11.6 Å². The molecule has 0 bridgehead atoms. The Morgan fingerprint density at radius 2 is 1.67 bits per heavy atom. The molecule has 1 atom stereocenters. The van der Waals surface area contributed by atoms with Gasteiger partial charge in [0.05, 0.1) is 5.69 Å². The Kier molecular flexibility index (Phi) is 7.65. The number of nitrogens with one attached hydrogen (secondary N) is 1. The van der Waals surface area contributed by atoms with E-state index >= 15 is 0 Å². The first kappa shape index (κ1) is 22.6. The van der Waals surface area contributed by atoms with E-state index in [2.05, 4.69) is 19.2 Å². The van der Waals surface area contributed by atoms with E-state index in [0.29, 0.717) is 22.7 Å². The number of benzene rings is 2. The lowest BCUT2D eigenvalue weighted by Crippen LogP contribution is -2.30. The first-order valence-corrected chi connectivity index (χ1v) is 9.56. The van der Waals surface area contributed by atoms with Gasteiger partial charge in [-0.05, 0) is 49.1 Å². The van der Waals surface area contributed by atoms with Gasteiger partial charge in [0, 0.05) is 5.56 Å². The largest absolute Gasteiger partial charge is 0.448 e. The van der Waals surface area contributed by atoms with Gasteiger partial charge in [-0.15, -0.1) is 0 Å². The number of rotatable bonds is 7. The molecule has 0 saturated heterocycles. The maximum Gasteiger partial charge on any atom is 0.349 e. The zero-order valence-electron chi connectivity index (χ0n) is 17.4. The smallest absolute Gasteiger partial charge is 0.349 e. The van der Waals surface area contributed by atoms with Gasteiger partial charge in [-0.1, -0.05) is 50.2 Å². The van der Waals surface area contributed by atoms with Crippen molar-refractivity contribution in [1.82, 2.24) is 0 Å². The Hall–Kier alpha value is -3.72. The SMILES string of the molecule is CC(=O)c1ccccc1NC(=O)[C@H](C)OC(=O)/C(C#N)=C/c1ccc(C(C)C)cc1. The predicted octanol–water partition coefficient (Wildman–Crippen LogP) is 4.49. The van der Waals surface area contributed by atoms with Crippen LogP contribution in [-0.2, 0) is 14.3 Å². The third kappa shape index (κ3) is 5.89. The standard InChI is InChI=1S/C24H24N2O4/c1-15(2)19-11-9-18(10-12-19)13-20(14-25)24(29)30-17(4)23(28)26-22-8-6-5-7-21(22)16(3)27/h5-13,15,17H,1-4H3,(H,26,28)/b20-13+/t17-/m0/s1. The van der Waals surface area contributed by atoms with Crippen LogP contribution in [0.1, 0.15) is 55.1 Å². The summed E-state index contributed by atoms with van der Waals surface area (Å²) in [5, 5.41) is 11.9. The van der Waals surface area contributed by atoms with E-state index < -0.39 is 18.0 Å². The zero-order chi connectivity index (χ0) is 22.3. The third-order valence-electron chi connectivity index (χ3n) is 4.47. The number of carbonyl (C=O) groups excluding carboxylic acids is 3. The monoisotopic (exact) mass is 404 g/mol. The molecule has 0 fully saturated rings. The molecule has 1 amide bonds. The molecule has 0 aromatic heterocycles. The maximum absolute atomic E-state index is 12.4. The van der Waals surface area contributed by atoms with Crippen molar-refractivity contribution in [1.29, 1.82) is 5.26 Å². The average molecular weight is 404 g/mol. The Balaban J connectivity index is 2.08. The summed E-state index contributed by atoms with van der Waals surface area (Å²) in [6.45, 7) is 6.94. The van der Waals surface area contributed by atoms with Crippen molar-refractivity contribution >= 4 is 29.4 Å². The minimum absolute atomic E-state index is 0.200. The molecule has 6 heteroatoms. The molecule has 0 unspecified atom stereocenters. The zero-order valence-corrected chi connectivity index (χ0v) is 17.4. The third-order valence-corrected chi connectivity index (χ3v) is 4.47. The molecule has 30 heavy (non-hydrogen) atoms. The molecule has 0 aliphatic rings. The van der Waals surface area contributed by atoms with Crippen LogP contribution < -0.4 is 5.32 Å². The summed E-state index contributed by atoms with van der Waals surface area (Å²) in [6.07, 6.45) is 0.264. The molecule has 154 valence electrons. The number of carbonyl (C=O) groups is 3. The Morgan fingerprint density at radius 3 is 2.23 bits per heavy atom. The lowest BCUT2D eigenvalue weighted by molar-refractivity contribution is -0.148. The number of Topliss-reactive ketones (excluding diaryl/α,β-unsaturated/α-hetero) is 1. The van der Waals surface area contributed by atoms with Crippen molar-refractivity contribution in [3.63, 3.8) is 0 Å². The van der Waals surface area contributed by atoms with E-state index in [9.17, 15) is 19.6 Å². The van der Waals surface area contributed by atoms with Gasteiger partial charge in [-0.2, -0.15) is 5.26 Å². The van der Waals surface area contributed by atoms with Crippen LogP contribution >= 0.6 is 0 Å². The van der Waals surface area contributed by atoms with Gasteiger partial charge in [0.15, 0.2) is 11.9 Å². The molecule has 1 N–H and O–H groups in total. The summed E-state index contributed by atoms with van der Waals surface area (Å²) in [5.74, 6) is -1.33. The number of amides is 1. The van der Waals surface area contributed by atoms with Crippen LogP contribution in [0, 0.1) is 11.3 Å². The van der Waals surface area contributed by atoms with E-state index in [0.717, 1.165) is 5.56 Å². The molecule has 0 aliphatic heterocycles. The number of hydrogen-bond donors (Lipinski definition) is 1. The number of ether oxygens (including phenoxy) is 1. The van der Waals surface area contributed by atoms with E-state index in [4.69, 9.17) is 4.74 Å². The van der Waals surface area contributed by atoms with Crippen molar-refractivity contribution in [2.75, 3.05) is 5.32 Å². The predicted molar refractivity (Wildman–Crippen MR) is 115 cm³/mol. The highest BCUT2D eigenvalue weighted by atomic mass is 16.5. The van der Waals surface area contributed by atoms with E-state index in [1.165, 1.54) is 19.9 Å². The highest BCUT2D eigenvalue weighted by Gasteiger charge is 2.21. The van der Waals surface area contributed by atoms with Crippen LogP contribution in [0.15, 0.2) is 54.1 Å². The summed E-state index contributed by atoms with van der Waals surface area (Å²) in [5.41, 5.74) is 2.30. The van der Waals surface area contributed by atoms with Crippen LogP contribution in [-0.4, -0.2) is 23.8 Å². The molecule has 2 rings (SSSR count). The van der Waals surface area contributed by atoms with Gasteiger partial charge in [0.25, 0.3) is 5.91 Å². The lowest BCUT2D eigenvalue weighted by atomic mass is 10.0. The summed E-state index contributed by atoms with van der Waals surface area (Å²) in [4.78, 5) is 36.4. The van der Waals surface area contributed by atoms with Crippen molar-refractivity contribution in [2.24, 2.45) is 0 Å². The minimum atomic E-state index is -1.16. The van der Waals surface area contributed by atoms with Crippen LogP contribution in [0.25, 0.3) is 6.08 Å². The second-order valence-electron chi connectivity index (χ2n) is 7.13. The normalized spacial score (nSPS) is 12.1. The molecule has 0 heterocycles. The second kappa shape index (κ2) is 10.2. The Morgan fingerprint density at radius 1 is 1.03 bits per heavy atom. The highest BCUT2D eigenvalue weighted by molar-refractivity contribution is 6.05. The molecular weight excluding hydrogens is 380 g/mol. The number of para-hydroxylation sites is 1. The fraction of sp³-hybridized carbons (Fsp3) is 0.250. The highest BCUT2D eigenvalue weighted by Crippen LogP contribution is 2.18. The molecular formula is C24H24N2O4. The van der Waals surface area contributed by atoms with Crippen LogP contribution in [0.3, 0.4) is 0 Å². The van der Waals surface area contributed by atoms with E-state index in [-0.39, 0.29) is 11.4 Å². The van der Waals surface area contributed by atoms with E-state index in [1.54, 1.807) is 24.3 Å². The summed E-state index contributed by atoms with van der Waals surface area (Å²) >= 11 is 0. The first-order valence-electron chi connectivity index (χ1n) is 9.56. The second-order valence-corrected chi connectivity index (χ2v) is 7.13. The summed E-state index contributed by atoms with van der Waals surface area (Å²) in [6, 6.07) is 15.9. The molecule has 0 aliphatic carbocycles. The van der Waals surface area contributed by atoms with Crippen LogP contribution in [0.2, 0.25) is 0 Å². The van der Waals surface area contributed by atoms with E-state index in [1.807, 2.05) is 30.3 Å². The van der Waals surface area contributed by atoms with Crippen molar-refractivity contribution in [2.45, 2.75) is 39.7 Å². The number of esters is 1. The lowest BCUT2D eigenvalue weighted by Gasteiger charge is -2.14. The number of ketones is 1. The fourth-order valence-corrected chi connectivity index (χ4v) is 2.69. The molecule has 2 aromatic carbocycles. The van der Waals surface area contributed by atoms with Crippen LogP contribution in [0.5, 0.6) is 0 Å². The van der Waals surface area contributed by atoms with Gasteiger partial charge in [-0.3, -0.25) is 9.59 Å². The first-order chi connectivity index (χ1) is 14.2.